The van der Waals surface area contributed by atoms with Gasteiger partial charge in [0.05, 0.1) is 12.1 Å². The topological polar surface area (TPSA) is 62.5 Å². The van der Waals surface area contributed by atoms with Crippen molar-refractivity contribution in [3.8, 4) is 0 Å². The quantitative estimate of drug-likeness (QED) is 0.875. The summed E-state index contributed by atoms with van der Waals surface area (Å²) in [4.78, 5) is 10.7. The number of hydrogen-bond donors (Lipinski definition) is 2. The summed E-state index contributed by atoms with van der Waals surface area (Å²) in [5, 5.41) is 12.1. The van der Waals surface area contributed by atoms with Crippen LogP contribution in [0.5, 0.6) is 0 Å². The maximum absolute atomic E-state index is 10.7. The van der Waals surface area contributed by atoms with Gasteiger partial charge in [0.25, 0.3) is 0 Å². The fourth-order valence-corrected chi connectivity index (χ4v) is 2.20. The lowest BCUT2D eigenvalue weighted by molar-refractivity contribution is 0.0696. The Balaban J connectivity index is 2.07. The molecule has 0 fully saturated rings. The molecule has 0 amide bonds. The molecule has 5 heteroatoms. The number of furan rings is 1. The van der Waals surface area contributed by atoms with Crippen LogP contribution in [0.2, 0.25) is 0 Å². The molecule has 0 bridgehead atoms. The average molecular weight is 324 g/mol. The highest BCUT2D eigenvalue weighted by Crippen LogP contribution is 2.22. The lowest BCUT2D eigenvalue weighted by Crippen LogP contribution is -2.01. The summed E-state index contributed by atoms with van der Waals surface area (Å²) in [5.74, 6) is -0.379. The van der Waals surface area contributed by atoms with Gasteiger partial charge in [-0.1, -0.05) is 22.9 Å². The van der Waals surface area contributed by atoms with Crippen molar-refractivity contribution in [3.63, 3.8) is 0 Å². The van der Waals surface area contributed by atoms with Crippen LogP contribution in [0.4, 0.5) is 5.69 Å². The summed E-state index contributed by atoms with van der Waals surface area (Å²) in [5.41, 5.74) is 2.39. The second-order valence-electron chi connectivity index (χ2n) is 4.12. The number of aryl methyl sites for hydroxylation is 1. The van der Waals surface area contributed by atoms with Crippen LogP contribution in [0.15, 0.2) is 39.4 Å². The molecule has 0 aliphatic rings. The van der Waals surface area contributed by atoms with Crippen LogP contribution < -0.4 is 5.32 Å². The Morgan fingerprint density at radius 1 is 1.42 bits per heavy atom. The molecule has 0 saturated carbocycles. The largest absolute Gasteiger partial charge is 0.478 e. The molecule has 0 aliphatic heterocycles. The molecule has 0 spiro atoms. The van der Waals surface area contributed by atoms with Gasteiger partial charge in [0.2, 0.25) is 0 Å². The monoisotopic (exact) mass is 323 g/mol. The zero-order valence-electron chi connectivity index (χ0n) is 10.4. The molecule has 2 rings (SSSR count). The summed E-state index contributed by atoms with van der Waals surface area (Å²) in [6.07, 6.45) is 2.17. The highest BCUT2D eigenvalue weighted by Gasteiger charge is 2.08. The van der Waals surface area contributed by atoms with E-state index in [9.17, 15) is 4.79 Å². The molecule has 0 aliphatic carbocycles. The third-order valence-electron chi connectivity index (χ3n) is 2.80. The van der Waals surface area contributed by atoms with E-state index in [-0.39, 0.29) is 5.56 Å². The first-order valence-corrected chi connectivity index (χ1v) is 6.72. The van der Waals surface area contributed by atoms with Crippen LogP contribution in [0.1, 0.15) is 28.6 Å². The minimum atomic E-state index is -0.979. The average Bonchev–Trinajstić information content (AvgIpc) is 2.86. The van der Waals surface area contributed by atoms with Gasteiger partial charge in [-0.05, 0) is 36.2 Å². The Morgan fingerprint density at radius 3 is 2.84 bits per heavy atom. The van der Waals surface area contributed by atoms with E-state index >= 15 is 0 Å². The highest BCUT2D eigenvalue weighted by molar-refractivity contribution is 9.10. The van der Waals surface area contributed by atoms with E-state index in [0.717, 1.165) is 16.6 Å². The fraction of sp³-hybridized carbons (Fsp3) is 0.214. The third kappa shape index (κ3) is 3.38. The van der Waals surface area contributed by atoms with Crippen molar-refractivity contribution in [3.05, 3.63) is 51.9 Å². The summed E-state index contributed by atoms with van der Waals surface area (Å²) < 4.78 is 6.23. The van der Waals surface area contributed by atoms with Gasteiger partial charge in [-0.2, -0.15) is 0 Å². The first kappa shape index (κ1) is 13.7. The molecule has 0 unspecified atom stereocenters. The molecule has 1 heterocycles. The number of nitrogens with one attached hydrogen (secondary N) is 1. The number of carboxylic acid groups (broad SMARTS) is 1. The molecule has 0 saturated heterocycles. The number of rotatable bonds is 5. The zero-order valence-corrected chi connectivity index (χ0v) is 12.0. The van der Waals surface area contributed by atoms with Crippen molar-refractivity contribution >= 4 is 27.6 Å². The van der Waals surface area contributed by atoms with Crippen molar-refractivity contribution in [2.45, 2.75) is 19.9 Å². The zero-order chi connectivity index (χ0) is 13.8. The van der Waals surface area contributed by atoms with E-state index in [4.69, 9.17) is 9.52 Å². The molecule has 2 aromatic rings. The summed E-state index contributed by atoms with van der Waals surface area (Å²) in [6.45, 7) is 2.55. The Morgan fingerprint density at radius 2 is 2.21 bits per heavy atom. The van der Waals surface area contributed by atoms with Gasteiger partial charge in [-0.25, -0.2) is 4.79 Å². The Labute approximate surface area is 119 Å². The molecule has 1 aromatic heterocycles. The normalized spacial score (nSPS) is 10.4. The first-order valence-electron chi connectivity index (χ1n) is 5.93. The van der Waals surface area contributed by atoms with Gasteiger partial charge >= 0.3 is 5.97 Å². The molecule has 100 valence electrons. The standard InChI is InChI=1S/C14H14BrNO3/c1-2-9-5-11(15)3-4-13(9)16-7-12-6-10(8-19-12)14(17)18/h3-6,8,16H,2,7H2,1H3,(H,17,18). The third-order valence-corrected chi connectivity index (χ3v) is 3.30. The van der Waals surface area contributed by atoms with Gasteiger partial charge in [-0.3, -0.25) is 0 Å². The minimum absolute atomic E-state index is 0.170. The van der Waals surface area contributed by atoms with Gasteiger partial charge < -0.3 is 14.8 Å². The summed E-state index contributed by atoms with van der Waals surface area (Å²) in [6, 6.07) is 7.54. The van der Waals surface area contributed by atoms with Crippen molar-refractivity contribution in [1.82, 2.24) is 0 Å². The second kappa shape index (κ2) is 5.93. The van der Waals surface area contributed by atoms with E-state index in [1.54, 1.807) is 0 Å². The van der Waals surface area contributed by atoms with Crippen LogP contribution in [-0.4, -0.2) is 11.1 Å². The smallest absolute Gasteiger partial charge is 0.338 e. The molecule has 1 aromatic carbocycles. The summed E-state index contributed by atoms with van der Waals surface area (Å²) in [7, 11) is 0. The van der Waals surface area contributed by atoms with E-state index < -0.39 is 5.97 Å². The van der Waals surface area contributed by atoms with E-state index in [1.807, 2.05) is 12.1 Å². The van der Waals surface area contributed by atoms with Gasteiger partial charge in [0.1, 0.15) is 12.0 Å². The van der Waals surface area contributed by atoms with Crippen molar-refractivity contribution in [1.29, 1.82) is 0 Å². The highest BCUT2D eigenvalue weighted by atomic mass is 79.9. The summed E-state index contributed by atoms with van der Waals surface area (Å²) >= 11 is 3.44. The molecular formula is C14H14BrNO3. The van der Waals surface area contributed by atoms with Crippen LogP contribution in [0.3, 0.4) is 0 Å². The number of carbonyl (C=O) groups is 1. The molecule has 19 heavy (non-hydrogen) atoms. The maximum atomic E-state index is 10.7. The Bertz CT molecular complexity index is 592. The number of aromatic carboxylic acids is 1. The van der Waals surface area contributed by atoms with Crippen molar-refractivity contribution in [2.24, 2.45) is 0 Å². The van der Waals surface area contributed by atoms with Gasteiger partial charge in [-0.15, -0.1) is 0 Å². The SMILES string of the molecule is CCc1cc(Br)ccc1NCc1cc(C(=O)O)co1. The fourth-order valence-electron chi connectivity index (χ4n) is 1.80. The number of carboxylic acids is 1. The second-order valence-corrected chi connectivity index (χ2v) is 5.03. The molecule has 0 atom stereocenters. The Kier molecular flexibility index (Phi) is 4.27. The van der Waals surface area contributed by atoms with Crippen LogP contribution in [-0.2, 0) is 13.0 Å². The van der Waals surface area contributed by atoms with Crippen molar-refractivity contribution in [2.75, 3.05) is 5.32 Å². The number of anilines is 1. The van der Waals surface area contributed by atoms with E-state index in [2.05, 4.69) is 34.2 Å². The predicted octanol–water partition coefficient (Wildman–Crippen LogP) is 3.91. The lowest BCUT2D eigenvalue weighted by Gasteiger charge is -2.10. The maximum Gasteiger partial charge on any atom is 0.338 e. The predicted molar refractivity (Wildman–Crippen MR) is 76.5 cm³/mol. The first-order chi connectivity index (χ1) is 9.10. The van der Waals surface area contributed by atoms with Crippen LogP contribution >= 0.6 is 15.9 Å². The molecule has 2 N–H and O–H groups in total. The van der Waals surface area contributed by atoms with Crippen molar-refractivity contribution < 1.29 is 14.3 Å². The number of halogens is 1. The van der Waals surface area contributed by atoms with Crippen LogP contribution in [0.25, 0.3) is 0 Å². The minimum Gasteiger partial charge on any atom is -0.478 e. The lowest BCUT2D eigenvalue weighted by atomic mass is 10.1. The van der Waals surface area contributed by atoms with Gasteiger partial charge in [0, 0.05) is 10.2 Å². The van der Waals surface area contributed by atoms with Gasteiger partial charge in [0.15, 0.2) is 0 Å². The Hall–Kier alpha value is -1.75. The molecule has 0 radical (unpaired) electrons. The van der Waals surface area contributed by atoms with E-state index in [1.165, 1.54) is 17.9 Å². The van der Waals surface area contributed by atoms with E-state index in [0.29, 0.717) is 12.3 Å². The number of hydrogen-bond acceptors (Lipinski definition) is 3. The van der Waals surface area contributed by atoms with Crippen LogP contribution in [0, 0.1) is 0 Å². The molecular weight excluding hydrogens is 310 g/mol. The number of benzene rings is 1. The molecule has 4 nitrogen and oxygen atoms in total.